The maximum absolute atomic E-state index is 12.1. The molecular weight excluding hydrogens is 262 g/mol. The molecule has 3 heteroatoms. The number of anilines is 1. The molecule has 1 aliphatic heterocycles. The minimum atomic E-state index is 0.0976. The van der Waals surface area contributed by atoms with Gasteiger partial charge in [0, 0.05) is 12.6 Å². The van der Waals surface area contributed by atoms with Gasteiger partial charge in [-0.2, -0.15) is 0 Å². The monoisotopic (exact) mass is 287 g/mol. The summed E-state index contributed by atoms with van der Waals surface area (Å²) in [5.74, 6) is 1.61. The first-order valence-electron chi connectivity index (χ1n) is 8.17. The Kier molecular flexibility index (Phi) is 4.18. The lowest BCUT2D eigenvalue weighted by molar-refractivity contribution is 0.101. The SMILES string of the molecule is COc1cccc(N2CCC[C@H]3CCCC[C@H]32)c1C(C)=O. The van der Waals surface area contributed by atoms with Crippen LogP contribution in [0, 0.1) is 5.92 Å². The van der Waals surface area contributed by atoms with E-state index < -0.39 is 0 Å². The lowest BCUT2D eigenvalue weighted by atomic mass is 9.78. The van der Waals surface area contributed by atoms with Crippen molar-refractivity contribution in [1.29, 1.82) is 0 Å². The van der Waals surface area contributed by atoms with Crippen molar-refractivity contribution in [2.45, 2.75) is 51.5 Å². The number of rotatable bonds is 3. The summed E-state index contributed by atoms with van der Waals surface area (Å²) in [6, 6.07) is 6.60. The minimum absolute atomic E-state index is 0.0976. The molecule has 3 rings (SSSR count). The van der Waals surface area contributed by atoms with Gasteiger partial charge in [0.15, 0.2) is 5.78 Å². The van der Waals surface area contributed by atoms with E-state index in [4.69, 9.17) is 4.74 Å². The van der Waals surface area contributed by atoms with Crippen LogP contribution < -0.4 is 9.64 Å². The van der Waals surface area contributed by atoms with E-state index in [1.54, 1.807) is 14.0 Å². The Labute approximate surface area is 127 Å². The molecule has 21 heavy (non-hydrogen) atoms. The van der Waals surface area contributed by atoms with Crippen molar-refractivity contribution < 1.29 is 9.53 Å². The van der Waals surface area contributed by atoms with Gasteiger partial charge < -0.3 is 9.64 Å². The molecule has 0 spiro atoms. The van der Waals surface area contributed by atoms with Gasteiger partial charge in [0.25, 0.3) is 0 Å². The van der Waals surface area contributed by atoms with Crippen molar-refractivity contribution in [3.8, 4) is 5.75 Å². The number of hydrogen-bond donors (Lipinski definition) is 0. The lowest BCUT2D eigenvalue weighted by Gasteiger charge is -2.46. The highest BCUT2D eigenvalue weighted by Gasteiger charge is 2.34. The molecule has 1 aliphatic carbocycles. The number of ketones is 1. The number of Topliss-reactive ketones (excluding diaryl/α,β-unsaturated/α-hetero) is 1. The molecule has 0 N–H and O–H groups in total. The van der Waals surface area contributed by atoms with Gasteiger partial charge in [0.1, 0.15) is 5.75 Å². The maximum Gasteiger partial charge on any atom is 0.165 e. The molecule has 0 radical (unpaired) electrons. The second kappa shape index (κ2) is 6.08. The van der Waals surface area contributed by atoms with Crippen molar-refractivity contribution in [2.75, 3.05) is 18.6 Å². The smallest absolute Gasteiger partial charge is 0.165 e. The summed E-state index contributed by atoms with van der Waals surface area (Å²) in [5.41, 5.74) is 1.84. The van der Waals surface area contributed by atoms with Gasteiger partial charge in [-0.15, -0.1) is 0 Å². The largest absolute Gasteiger partial charge is 0.496 e. The van der Waals surface area contributed by atoms with E-state index in [1.807, 2.05) is 12.1 Å². The molecule has 0 bridgehead atoms. The average Bonchev–Trinajstić information content (AvgIpc) is 2.53. The quantitative estimate of drug-likeness (QED) is 0.785. The summed E-state index contributed by atoms with van der Waals surface area (Å²) in [7, 11) is 1.64. The standard InChI is InChI=1S/C18H25NO2/c1-13(20)18-16(10-5-11-17(18)21-2)19-12-6-8-14-7-3-4-9-15(14)19/h5,10-11,14-15H,3-4,6-9,12H2,1-2H3/t14-,15-/m1/s1. The molecule has 2 atom stereocenters. The van der Waals surface area contributed by atoms with Crippen LogP contribution in [0.25, 0.3) is 0 Å². The molecule has 1 saturated carbocycles. The average molecular weight is 287 g/mol. The van der Waals surface area contributed by atoms with Crippen LogP contribution in [-0.2, 0) is 0 Å². The number of hydrogen-bond acceptors (Lipinski definition) is 3. The molecule has 2 aliphatic rings. The van der Waals surface area contributed by atoms with E-state index in [9.17, 15) is 4.79 Å². The van der Waals surface area contributed by atoms with Gasteiger partial charge in [-0.05, 0) is 50.7 Å². The molecular formula is C18H25NO2. The molecule has 1 heterocycles. The Bertz CT molecular complexity index is 524. The predicted octanol–water partition coefficient (Wildman–Crippen LogP) is 4.06. The minimum Gasteiger partial charge on any atom is -0.496 e. The van der Waals surface area contributed by atoms with Crippen LogP contribution in [0.15, 0.2) is 18.2 Å². The molecule has 0 aromatic heterocycles. The first-order chi connectivity index (χ1) is 10.2. The number of methoxy groups -OCH3 is 1. The van der Waals surface area contributed by atoms with E-state index in [0.29, 0.717) is 11.8 Å². The Hall–Kier alpha value is -1.51. The number of carbonyl (C=O) groups is 1. The van der Waals surface area contributed by atoms with E-state index in [0.717, 1.165) is 23.7 Å². The number of piperidine rings is 1. The van der Waals surface area contributed by atoms with Crippen LogP contribution in [0.4, 0.5) is 5.69 Å². The summed E-state index contributed by atoms with van der Waals surface area (Å²) < 4.78 is 5.43. The van der Waals surface area contributed by atoms with Crippen molar-refractivity contribution >= 4 is 11.5 Å². The number of ether oxygens (including phenoxy) is 1. The van der Waals surface area contributed by atoms with Gasteiger partial charge in [-0.25, -0.2) is 0 Å². The molecule has 2 fully saturated rings. The Balaban J connectivity index is 2.00. The second-order valence-corrected chi connectivity index (χ2v) is 6.36. The van der Waals surface area contributed by atoms with Crippen LogP contribution in [0.1, 0.15) is 55.8 Å². The summed E-state index contributed by atoms with van der Waals surface area (Å²) in [5, 5.41) is 0. The molecule has 3 nitrogen and oxygen atoms in total. The molecule has 0 amide bonds. The van der Waals surface area contributed by atoms with Crippen molar-refractivity contribution in [1.82, 2.24) is 0 Å². The Morgan fingerprint density at radius 1 is 1.19 bits per heavy atom. The zero-order chi connectivity index (χ0) is 14.8. The fourth-order valence-electron chi connectivity index (χ4n) is 4.21. The third-order valence-electron chi connectivity index (χ3n) is 5.13. The topological polar surface area (TPSA) is 29.5 Å². The van der Waals surface area contributed by atoms with Crippen LogP contribution in [0.5, 0.6) is 5.75 Å². The maximum atomic E-state index is 12.1. The third kappa shape index (κ3) is 2.66. The number of carbonyl (C=O) groups excluding carboxylic acids is 1. The van der Waals surface area contributed by atoms with E-state index in [1.165, 1.54) is 38.5 Å². The van der Waals surface area contributed by atoms with Gasteiger partial charge in [-0.1, -0.05) is 18.9 Å². The highest BCUT2D eigenvalue weighted by molar-refractivity contribution is 6.02. The third-order valence-corrected chi connectivity index (χ3v) is 5.13. The highest BCUT2D eigenvalue weighted by Crippen LogP contribution is 2.40. The molecule has 1 saturated heterocycles. The molecule has 114 valence electrons. The first kappa shape index (κ1) is 14.4. The highest BCUT2D eigenvalue weighted by atomic mass is 16.5. The van der Waals surface area contributed by atoms with E-state index in [2.05, 4.69) is 11.0 Å². The van der Waals surface area contributed by atoms with Crippen molar-refractivity contribution in [2.24, 2.45) is 5.92 Å². The second-order valence-electron chi connectivity index (χ2n) is 6.36. The zero-order valence-electron chi connectivity index (χ0n) is 13.1. The molecule has 1 aromatic carbocycles. The van der Waals surface area contributed by atoms with Crippen molar-refractivity contribution in [3.05, 3.63) is 23.8 Å². The molecule has 1 aromatic rings. The normalized spacial score (nSPS) is 25.3. The Morgan fingerprint density at radius 2 is 1.95 bits per heavy atom. The number of fused-ring (bicyclic) bond motifs is 1. The predicted molar refractivity (Wildman–Crippen MR) is 85.3 cm³/mol. The number of nitrogens with zero attached hydrogens (tertiary/aromatic N) is 1. The summed E-state index contributed by atoms with van der Waals surface area (Å²) in [6.07, 6.45) is 7.87. The van der Waals surface area contributed by atoms with Crippen LogP contribution >= 0.6 is 0 Å². The Morgan fingerprint density at radius 3 is 2.71 bits per heavy atom. The van der Waals surface area contributed by atoms with E-state index in [-0.39, 0.29) is 5.78 Å². The van der Waals surface area contributed by atoms with E-state index >= 15 is 0 Å². The van der Waals surface area contributed by atoms with Gasteiger partial charge in [-0.3, -0.25) is 4.79 Å². The van der Waals surface area contributed by atoms with Gasteiger partial charge in [0.2, 0.25) is 0 Å². The lowest BCUT2D eigenvalue weighted by Crippen LogP contribution is -2.47. The zero-order valence-corrected chi connectivity index (χ0v) is 13.1. The summed E-state index contributed by atoms with van der Waals surface area (Å²) >= 11 is 0. The summed E-state index contributed by atoms with van der Waals surface area (Å²) in [4.78, 5) is 14.6. The summed E-state index contributed by atoms with van der Waals surface area (Å²) in [6.45, 7) is 2.71. The first-order valence-corrected chi connectivity index (χ1v) is 8.17. The van der Waals surface area contributed by atoms with Crippen LogP contribution in [0.3, 0.4) is 0 Å². The fraction of sp³-hybridized carbons (Fsp3) is 0.611. The number of benzene rings is 1. The van der Waals surface area contributed by atoms with Crippen molar-refractivity contribution in [3.63, 3.8) is 0 Å². The molecule has 0 unspecified atom stereocenters. The fourth-order valence-corrected chi connectivity index (χ4v) is 4.21. The van der Waals surface area contributed by atoms with Gasteiger partial charge in [0.05, 0.1) is 18.4 Å². The van der Waals surface area contributed by atoms with Crippen LogP contribution in [-0.4, -0.2) is 25.5 Å². The van der Waals surface area contributed by atoms with Crippen LogP contribution in [0.2, 0.25) is 0 Å². The van der Waals surface area contributed by atoms with Gasteiger partial charge >= 0.3 is 0 Å².